The van der Waals surface area contributed by atoms with E-state index >= 15 is 0 Å². The van der Waals surface area contributed by atoms with Crippen molar-refractivity contribution in [2.75, 3.05) is 0 Å². The monoisotopic (exact) mass is 373 g/mol. The minimum atomic E-state index is -0.151. The Balaban J connectivity index is 1.53. The molecule has 1 amide bonds. The molecule has 3 aromatic rings. The third kappa shape index (κ3) is 3.45. The summed E-state index contributed by atoms with van der Waals surface area (Å²) >= 11 is 0. The molecule has 1 aromatic carbocycles. The molecule has 2 heterocycles. The van der Waals surface area contributed by atoms with Crippen molar-refractivity contribution < 1.29 is 9.90 Å². The summed E-state index contributed by atoms with van der Waals surface area (Å²) in [5, 5.41) is 26.6. The molecule has 7 nitrogen and oxygen atoms in total. The predicted molar refractivity (Wildman–Crippen MR) is 103 cm³/mol. The molecule has 1 aliphatic carbocycles. The molecule has 1 fully saturated rings. The molecule has 1 atom stereocenters. The Morgan fingerprint density at radius 1 is 1.25 bits per heavy atom. The third-order valence-electron chi connectivity index (χ3n) is 4.98. The number of carbonyl (C=O) groups is 1. The number of benzene rings is 1. The Morgan fingerprint density at radius 2 is 2.00 bits per heavy atom. The van der Waals surface area contributed by atoms with Gasteiger partial charge >= 0.3 is 0 Å². The summed E-state index contributed by atoms with van der Waals surface area (Å²) in [7, 11) is 0. The number of nitriles is 1. The van der Waals surface area contributed by atoms with Gasteiger partial charge in [-0.3, -0.25) is 4.79 Å². The maximum Gasteiger partial charge on any atom is 0.253 e. The number of aromatic hydroxyl groups is 1. The molecule has 0 aliphatic heterocycles. The number of aromatic nitrogens is 3. The number of hydrogen-bond donors (Lipinski definition) is 2. The Labute approximate surface area is 162 Å². The van der Waals surface area contributed by atoms with Gasteiger partial charge in [-0.1, -0.05) is 12.1 Å². The van der Waals surface area contributed by atoms with Crippen molar-refractivity contribution >= 4 is 5.91 Å². The first kappa shape index (κ1) is 17.7. The van der Waals surface area contributed by atoms with Crippen LogP contribution in [0.5, 0.6) is 5.88 Å². The molecule has 2 N–H and O–H groups in total. The summed E-state index contributed by atoms with van der Waals surface area (Å²) in [6.45, 7) is 2.02. The largest absolute Gasteiger partial charge is 0.493 e. The first-order valence-electron chi connectivity index (χ1n) is 9.11. The van der Waals surface area contributed by atoms with E-state index in [1.165, 1.54) is 29.9 Å². The molecule has 1 saturated carbocycles. The average Bonchev–Trinajstić information content (AvgIpc) is 3.51. The van der Waals surface area contributed by atoms with Crippen LogP contribution in [0.25, 0.3) is 16.9 Å². The Kier molecular flexibility index (Phi) is 4.53. The molecular formula is C21H19N5O2. The maximum absolute atomic E-state index is 12.3. The van der Waals surface area contributed by atoms with E-state index in [0.29, 0.717) is 28.4 Å². The van der Waals surface area contributed by atoms with Gasteiger partial charge in [0.05, 0.1) is 29.0 Å². The maximum atomic E-state index is 12.3. The number of nitrogens with zero attached hydrogens (tertiary/aromatic N) is 4. The molecule has 0 radical (unpaired) electrons. The van der Waals surface area contributed by atoms with Crippen LogP contribution in [0, 0.1) is 17.2 Å². The summed E-state index contributed by atoms with van der Waals surface area (Å²) in [5.41, 5.74) is 2.29. The topological polar surface area (TPSA) is 104 Å². The molecule has 4 rings (SSSR count). The van der Waals surface area contributed by atoms with Crippen molar-refractivity contribution in [3.8, 4) is 28.9 Å². The number of rotatable bonds is 5. The zero-order valence-corrected chi connectivity index (χ0v) is 15.3. The van der Waals surface area contributed by atoms with Crippen molar-refractivity contribution in [3.05, 3.63) is 59.9 Å². The lowest BCUT2D eigenvalue weighted by atomic mass is 10.1. The van der Waals surface area contributed by atoms with Gasteiger partial charge in [-0.25, -0.2) is 4.98 Å². The Bertz CT molecular complexity index is 1040. The smallest absolute Gasteiger partial charge is 0.253 e. The average molecular weight is 373 g/mol. The van der Waals surface area contributed by atoms with Crippen LogP contribution in [0.2, 0.25) is 0 Å². The highest BCUT2D eigenvalue weighted by atomic mass is 16.3. The highest BCUT2D eigenvalue weighted by Gasteiger charge is 2.29. The van der Waals surface area contributed by atoms with Gasteiger partial charge in [-0.15, -0.1) is 0 Å². The zero-order chi connectivity index (χ0) is 19.7. The Morgan fingerprint density at radius 3 is 2.61 bits per heavy atom. The van der Waals surface area contributed by atoms with Crippen LogP contribution in [0.15, 0.2) is 48.8 Å². The van der Waals surface area contributed by atoms with E-state index in [1.54, 1.807) is 36.4 Å². The molecule has 0 unspecified atom stereocenters. The van der Waals surface area contributed by atoms with E-state index in [9.17, 15) is 9.90 Å². The van der Waals surface area contributed by atoms with Gasteiger partial charge in [0.15, 0.2) is 5.82 Å². The van der Waals surface area contributed by atoms with Gasteiger partial charge in [0.1, 0.15) is 0 Å². The quantitative estimate of drug-likeness (QED) is 0.715. The second-order valence-electron chi connectivity index (χ2n) is 6.99. The van der Waals surface area contributed by atoms with Gasteiger partial charge in [0, 0.05) is 12.2 Å². The summed E-state index contributed by atoms with van der Waals surface area (Å²) in [5.74, 6) is 0.778. The first-order valence-corrected chi connectivity index (χ1v) is 9.11. The third-order valence-corrected chi connectivity index (χ3v) is 4.98. The van der Waals surface area contributed by atoms with Gasteiger partial charge < -0.3 is 10.4 Å². The summed E-state index contributed by atoms with van der Waals surface area (Å²) in [4.78, 5) is 16.6. The van der Waals surface area contributed by atoms with E-state index in [-0.39, 0.29) is 17.8 Å². The Hall–Kier alpha value is -3.66. The molecule has 0 bridgehead atoms. The minimum absolute atomic E-state index is 0.0586. The minimum Gasteiger partial charge on any atom is -0.493 e. The van der Waals surface area contributed by atoms with Crippen LogP contribution in [-0.4, -0.2) is 31.8 Å². The van der Waals surface area contributed by atoms with Crippen molar-refractivity contribution in [3.63, 3.8) is 0 Å². The van der Waals surface area contributed by atoms with E-state index in [4.69, 9.17) is 5.26 Å². The SMILES string of the molecule is C[C@H](NC(=O)c1ccc(-n2ncc(-c3ccc(C#N)cc3)c2O)nc1)C1CC1. The summed E-state index contributed by atoms with van der Waals surface area (Å²) in [6.07, 6.45) is 5.35. The lowest BCUT2D eigenvalue weighted by Crippen LogP contribution is -2.34. The lowest BCUT2D eigenvalue weighted by Gasteiger charge is -2.12. The first-order chi connectivity index (χ1) is 13.6. The van der Waals surface area contributed by atoms with E-state index < -0.39 is 0 Å². The van der Waals surface area contributed by atoms with Gasteiger partial charge in [-0.2, -0.15) is 15.0 Å². The van der Waals surface area contributed by atoms with Crippen molar-refractivity contribution in [2.24, 2.45) is 5.92 Å². The fourth-order valence-corrected chi connectivity index (χ4v) is 3.09. The van der Waals surface area contributed by atoms with Crippen LogP contribution < -0.4 is 5.32 Å². The van der Waals surface area contributed by atoms with Crippen LogP contribution >= 0.6 is 0 Å². The molecular weight excluding hydrogens is 354 g/mol. The lowest BCUT2D eigenvalue weighted by molar-refractivity contribution is 0.0935. The number of amides is 1. The van der Waals surface area contributed by atoms with E-state index in [0.717, 1.165) is 5.56 Å². The van der Waals surface area contributed by atoms with Crippen LogP contribution in [0.4, 0.5) is 0 Å². The zero-order valence-electron chi connectivity index (χ0n) is 15.3. The fourth-order valence-electron chi connectivity index (χ4n) is 3.09. The molecule has 7 heteroatoms. The molecule has 140 valence electrons. The number of carbonyl (C=O) groups excluding carboxylic acids is 1. The molecule has 28 heavy (non-hydrogen) atoms. The molecule has 0 spiro atoms. The van der Waals surface area contributed by atoms with E-state index in [2.05, 4.69) is 21.5 Å². The highest BCUT2D eigenvalue weighted by Crippen LogP contribution is 2.32. The second-order valence-corrected chi connectivity index (χ2v) is 6.99. The number of pyridine rings is 1. The van der Waals surface area contributed by atoms with Gasteiger partial charge in [0.2, 0.25) is 5.88 Å². The van der Waals surface area contributed by atoms with Crippen molar-refractivity contribution in [1.82, 2.24) is 20.1 Å². The molecule has 1 aliphatic rings. The summed E-state index contributed by atoms with van der Waals surface area (Å²) in [6, 6.07) is 12.4. The van der Waals surface area contributed by atoms with Crippen molar-refractivity contribution in [1.29, 1.82) is 5.26 Å². The van der Waals surface area contributed by atoms with Crippen molar-refractivity contribution in [2.45, 2.75) is 25.8 Å². The van der Waals surface area contributed by atoms with Gasteiger partial charge in [0.25, 0.3) is 5.91 Å². The highest BCUT2D eigenvalue weighted by molar-refractivity contribution is 5.94. The molecule has 2 aromatic heterocycles. The number of nitrogens with one attached hydrogen (secondary N) is 1. The van der Waals surface area contributed by atoms with Crippen LogP contribution in [-0.2, 0) is 0 Å². The van der Waals surface area contributed by atoms with E-state index in [1.807, 2.05) is 6.92 Å². The number of hydrogen-bond acceptors (Lipinski definition) is 5. The predicted octanol–water partition coefficient (Wildman–Crippen LogP) is 3.04. The standard InChI is InChI=1S/C21H19N5O2/c1-13(15-6-7-15)25-20(27)17-8-9-19(23-11-17)26-21(28)18(12-24-26)16-4-2-14(10-22)3-5-16/h2-5,8-9,11-13,15,28H,6-7H2,1H3,(H,25,27)/t13-/m0/s1. The molecule has 0 saturated heterocycles. The normalized spacial score (nSPS) is 14.3. The fraction of sp³-hybridized carbons (Fsp3) is 0.238. The van der Waals surface area contributed by atoms with Crippen LogP contribution in [0.3, 0.4) is 0 Å². The summed E-state index contributed by atoms with van der Waals surface area (Å²) < 4.78 is 1.31. The van der Waals surface area contributed by atoms with Gasteiger partial charge in [-0.05, 0) is 55.5 Å². The van der Waals surface area contributed by atoms with Crippen LogP contribution in [0.1, 0.15) is 35.7 Å². The second kappa shape index (κ2) is 7.16.